The molecule has 1 aromatic carbocycles. The van der Waals surface area contributed by atoms with Crippen molar-refractivity contribution in [2.24, 2.45) is 5.92 Å². The van der Waals surface area contributed by atoms with Crippen LogP contribution in [0.25, 0.3) is 0 Å². The summed E-state index contributed by atoms with van der Waals surface area (Å²) in [5, 5.41) is 3.80. The van der Waals surface area contributed by atoms with Crippen molar-refractivity contribution in [3.63, 3.8) is 0 Å². The quantitative estimate of drug-likeness (QED) is 0.619. The molecule has 1 saturated heterocycles. The van der Waals surface area contributed by atoms with Gasteiger partial charge >= 0.3 is 0 Å². The maximum absolute atomic E-state index is 12.3. The fourth-order valence-corrected chi connectivity index (χ4v) is 3.74. The molecule has 3 rings (SSSR count). The van der Waals surface area contributed by atoms with Crippen LogP contribution in [-0.4, -0.2) is 41.3 Å². The Bertz CT molecular complexity index is 675. The predicted octanol–water partition coefficient (Wildman–Crippen LogP) is 3.25. The zero-order valence-corrected chi connectivity index (χ0v) is 15.5. The van der Waals surface area contributed by atoms with Crippen molar-refractivity contribution in [2.75, 3.05) is 30.3 Å². The molecule has 0 bridgehead atoms. The highest BCUT2D eigenvalue weighted by atomic mass is 35.5. The fraction of sp³-hybridized carbons (Fsp3) is 0.389. The zero-order chi connectivity index (χ0) is 17.5. The van der Waals surface area contributed by atoms with Gasteiger partial charge in [-0.25, -0.2) is 4.98 Å². The molecule has 0 radical (unpaired) electrons. The van der Waals surface area contributed by atoms with E-state index < -0.39 is 0 Å². The second-order valence-electron chi connectivity index (χ2n) is 5.92. The zero-order valence-electron chi connectivity index (χ0n) is 13.9. The third kappa shape index (κ3) is 5.34. The summed E-state index contributed by atoms with van der Waals surface area (Å²) < 4.78 is 0. The SMILES string of the molecule is O=C(NCCSc1ccc(Cl)cc1)C1CCN(c2cnccn2)CC1. The Labute approximate surface area is 157 Å². The van der Waals surface area contributed by atoms with Crippen molar-refractivity contribution in [2.45, 2.75) is 17.7 Å². The minimum atomic E-state index is 0.0912. The van der Waals surface area contributed by atoms with E-state index in [-0.39, 0.29) is 11.8 Å². The molecule has 25 heavy (non-hydrogen) atoms. The molecule has 5 nitrogen and oxygen atoms in total. The number of hydrogen-bond acceptors (Lipinski definition) is 5. The first-order valence-electron chi connectivity index (χ1n) is 8.39. The van der Waals surface area contributed by atoms with Crippen LogP contribution in [0.3, 0.4) is 0 Å². The van der Waals surface area contributed by atoms with Gasteiger partial charge in [0.1, 0.15) is 5.82 Å². The van der Waals surface area contributed by atoms with E-state index >= 15 is 0 Å². The number of carbonyl (C=O) groups excluding carboxylic acids is 1. The molecule has 2 heterocycles. The van der Waals surface area contributed by atoms with Gasteiger partial charge in [-0.05, 0) is 37.1 Å². The van der Waals surface area contributed by atoms with Gasteiger partial charge < -0.3 is 10.2 Å². The fourth-order valence-electron chi connectivity index (χ4n) is 2.84. The van der Waals surface area contributed by atoms with Crippen LogP contribution in [0, 0.1) is 5.92 Å². The van der Waals surface area contributed by atoms with Crippen LogP contribution in [0.4, 0.5) is 5.82 Å². The molecule has 0 spiro atoms. The number of thioether (sulfide) groups is 1. The van der Waals surface area contributed by atoms with Gasteiger partial charge in [-0.1, -0.05) is 11.6 Å². The van der Waals surface area contributed by atoms with Crippen LogP contribution in [0.5, 0.6) is 0 Å². The van der Waals surface area contributed by atoms with Crippen LogP contribution < -0.4 is 10.2 Å². The molecule has 0 unspecified atom stereocenters. The Morgan fingerprint density at radius 2 is 2.00 bits per heavy atom. The molecule has 1 N–H and O–H groups in total. The molecule has 0 atom stereocenters. The van der Waals surface area contributed by atoms with Crippen molar-refractivity contribution in [3.8, 4) is 0 Å². The molecule has 1 fully saturated rings. The van der Waals surface area contributed by atoms with Gasteiger partial charge in [-0.15, -0.1) is 11.8 Å². The average molecular weight is 377 g/mol. The predicted molar refractivity (Wildman–Crippen MR) is 102 cm³/mol. The summed E-state index contributed by atoms with van der Waals surface area (Å²) in [6.45, 7) is 2.36. The second kappa shape index (κ2) is 9.06. The number of carbonyl (C=O) groups is 1. The van der Waals surface area contributed by atoms with Crippen LogP contribution in [0.2, 0.25) is 5.02 Å². The lowest BCUT2D eigenvalue weighted by molar-refractivity contribution is -0.125. The third-order valence-electron chi connectivity index (χ3n) is 4.22. The van der Waals surface area contributed by atoms with Crippen LogP contribution >= 0.6 is 23.4 Å². The summed E-state index contributed by atoms with van der Waals surface area (Å²) in [5.41, 5.74) is 0. The number of hydrogen-bond donors (Lipinski definition) is 1. The van der Waals surface area contributed by atoms with Gasteiger partial charge in [0, 0.05) is 53.6 Å². The van der Waals surface area contributed by atoms with Crippen molar-refractivity contribution < 1.29 is 4.79 Å². The van der Waals surface area contributed by atoms with E-state index in [1.165, 1.54) is 0 Å². The Balaban J connectivity index is 1.36. The van der Waals surface area contributed by atoms with E-state index in [0.717, 1.165) is 47.4 Å². The molecule has 1 aliphatic heterocycles. The van der Waals surface area contributed by atoms with E-state index in [4.69, 9.17) is 11.6 Å². The van der Waals surface area contributed by atoms with Gasteiger partial charge in [-0.2, -0.15) is 0 Å². The van der Waals surface area contributed by atoms with Crippen LogP contribution in [0.15, 0.2) is 47.8 Å². The molecule has 7 heteroatoms. The van der Waals surface area contributed by atoms with Crippen molar-refractivity contribution in [3.05, 3.63) is 47.9 Å². The molecule has 1 aromatic heterocycles. The highest BCUT2D eigenvalue weighted by Crippen LogP contribution is 2.22. The Morgan fingerprint density at radius 1 is 1.24 bits per heavy atom. The van der Waals surface area contributed by atoms with Gasteiger partial charge in [-0.3, -0.25) is 9.78 Å². The second-order valence-corrected chi connectivity index (χ2v) is 7.52. The first-order valence-corrected chi connectivity index (χ1v) is 9.76. The van der Waals surface area contributed by atoms with E-state index in [9.17, 15) is 4.79 Å². The minimum absolute atomic E-state index is 0.0912. The molecular weight excluding hydrogens is 356 g/mol. The summed E-state index contributed by atoms with van der Waals surface area (Å²) in [6.07, 6.45) is 6.85. The van der Waals surface area contributed by atoms with Gasteiger partial charge in [0.25, 0.3) is 0 Å². The number of amides is 1. The lowest BCUT2D eigenvalue weighted by Crippen LogP contribution is -2.41. The van der Waals surface area contributed by atoms with Crippen molar-refractivity contribution in [1.82, 2.24) is 15.3 Å². The van der Waals surface area contributed by atoms with Crippen molar-refractivity contribution in [1.29, 1.82) is 0 Å². The molecule has 2 aromatic rings. The number of anilines is 1. The standard InChI is InChI=1S/C18H21ClN4OS/c19-15-1-3-16(4-2-15)25-12-9-22-18(24)14-5-10-23(11-6-14)17-13-20-7-8-21-17/h1-4,7-8,13-14H,5-6,9-12H2,(H,22,24). The van der Waals surface area contributed by atoms with Gasteiger partial charge in [0.05, 0.1) is 6.20 Å². The van der Waals surface area contributed by atoms with Gasteiger partial charge in [0.2, 0.25) is 5.91 Å². The number of nitrogens with one attached hydrogen (secondary N) is 1. The number of halogens is 1. The third-order valence-corrected chi connectivity index (χ3v) is 5.49. The normalized spacial score (nSPS) is 15.2. The monoisotopic (exact) mass is 376 g/mol. The van der Waals surface area contributed by atoms with E-state index in [0.29, 0.717) is 6.54 Å². The maximum atomic E-state index is 12.3. The Kier molecular flexibility index (Phi) is 6.53. The molecule has 132 valence electrons. The smallest absolute Gasteiger partial charge is 0.223 e. The van der Waals surface area contributed by atoms with E-state index in [2.05, 4.69) is 20.2 Å². The topological polar surface area (TPSA) is 58.1 Å². The molecule has 1 amide bonds. The number of piperidine rings is 1. The average Bonchev–Trinajstić information content (AvgIpc) is 2.67. The summed E-state index contributed by atoms with van der Waals surface area (Å²) in [5.74, 6) is 2.00. The summed E-state index contributed by atoms with van der Waals surface area (Å²) in [6, 6.07) is 7.76. The maximum Gasteiger partial charge on any atom is 0.223 e. The molecule has 0 saturated carbocycles. The van der Waals surface area contributed by atoms with E-state index in [1.54, 1.807) is 30.4 Å². The van der Waals surface area contributed by atoms with Crippen LogP contribution in [-0.2, 0) is 4.79 Å². The first kappa shape index (κ1) is 18.0. The molecular formula is C18H21ClN4OS. The minimum Gasteiger partial charge on any atom is -0.355 e. The largest absolute Gasteiger partial charge is 0.355 e. The van der Waals surface area contributed by atoms with E-state index in [1.807, 2.05) is 24.3 Å². The molecule has 1 aliphatic rings. The summed E-state index contributed by atoms with van der Waals surface area (Å²) in [4.78, 5) is 24.1. The summed E-state index contributed by atoms with van der Waals surface area (Å²) >= 11 is 7.59. The number of benzene rings is 1. The summed E-state index contributed by atoms with van der Waals surface area (Å²) in [7, 11) is 0. The number of rotatable bonds is 6. The van der Waals surface area contributed by atoms with Gasteiger partial charge in [0.15, 0.2) is 0 Å². The molecule has 0 aliphatic carbocycles. The van der Waals surface area contributed by atoms with Crippen LogP contribution in [0.1, 0.15) is 12.8 Å². The Morgan fingerprint density at radius 3 is 2.68 bits per heavy atom. The highest BCUT2D eigenvalue weighted by molar-refractivity contribution is 7.99. The Hall–Kier alpha value is -1.79. The number of aromatic nitrogens is 2. The lowest BCUT2D eigenvalue weighted by atomic mass is 9.96. The highest BCUT2D eigenvalue weighted by Gasteiger charge is 2.25. The van der Waals surface area contributed by atoms with Crippen molar-refractivity contribution >= 4 is 35.1 Å². The lowest BCUT2D eigenvalue weighted by Gasteiger charge is -2.31. The number of nitrogens with zero attached hydrogens (tertiary/aromatic N) is 3. The first-order chi connectivity index (χ1) is 12.2.